The van der Waals surface area contributed by atoms with Crippen LogP contribution in [0, 0.1) is 11.6 Å². The summed E-state index contributed by atoms with van der Waals surface area (Å²) in [6.07, 6.45) is 3.22. The molecule has 0 aliphatic carbocycles. The van der Waals surface area contributed by atoms with Crippen LogP contribution >= 0.6 is 0 Å². The van der Waals surface area contributed by atoms with E-state index in [4.69, 9.17) is 0 Å². The zero-order valence-electron chi connectivity index (χ0n) is 17.5. The summed E-state index contributed by atoms with van der Waals surface area (Å²) >= 11 is 0. The predicted molar refractivity (Wildman–Crippen MR) is 118 cm³/mol. The summed E-state index contributed by atoms with van der Waals surface area (Å²) in [4.78, 5) is 20.0. The van der Waals surface area contributed by atoms with E-state index in [9.17, 15) is 13.6 Å². The van der Waals surface area contributed by atoms with Gasteiger partial charge >= 0.3 is 0 Å². The molecule has 0 atom stereocenters. The molecule has 2 aromatic carbocycles. The second-order valence-electron chi connectivity index (χ2n) is 7.89. The Morgan fingerprint density at radius 3 is 2.62 bits per heavy atom. The molecule has 0 bridgehead atoms. The lowest BCUT2D eigenvalue weighted by Gasteiger charge is -2.19. The third-order valence-electron chi connectivity index (χ3n) is 5.70. The van der Waals surface area contributed by atoms with Gasteiger partial charge in [0.2, 0.25) is 5.91 Å². The average Bonchev–Trinajstić information content (AvgIpc) is 3.42. The topological polar surface area (TPSA) is 53.7 Å². The molecule has 0 unspecified atom stereocenters. The zero-order valence-corrected chi connectivity index (χ0v) is 17.5. The second kappa shape index (κ2) is 8.03. The van der Waals surface area contributed by atoms with Crippen molar-refractivity contribution in [1.29, 1.82) is 0 Å². The molecule has 1 aliphatic heterocycles. The molecule has 0 N–H and O–H groups in total. The fraction of sp³-hybridized carbons (Fsp3) is 0.208. The highest BCUT2D eigenvalue weighted by molar-refractivity contribution is 5.95. The van der Waals surface area contributed by atoms with Crippen LogP contribution in [0.1, 0.15) is 18.4 Å². The number of hydrogen-bond acceptors (Lipinski definition) is 4. The number of hydrogen-bond donors (Lipinski definition) is 0. The van der Waals surface area contributed by atoms with Crippen LogP contribution in [-0.4, -0.2) is 34.1 Å². The third-order valence-corrected chi connectivity index (χ3v) is 5.70. The van der Waals surface area contributed by atoms with Crippen LogP contribution in [0.3, 0.4) is 0 Å². The number of halogens is 2. The molecule has 32 heavy (non-hydrogen) atoms. The summed E-state index contributed by atoms with van der Waals surface area (Å²) in [7, 11) is 1.77. The van der Waals surface area contributed by atoms with Gasteiger partial charge in [0.25, 0.3) is 0 Å². The van der Waals surface area contributed by atoms with Gasteiger partial charge in [0.1, 0.15) is 17.5 Å². The van der Waals surface area contributed by atoms with Crippen molar-refractivity contribution in [2.45, 2.75) is 19.4 Å². The average molecular weight is 433 g/mol. The van der Waals surface area contributed by atoms with Gasteiger partial charge in [-0.05, 0) is 48.9 Å². The Labute approximate surface area is 183 Å². The van der Waals surface area contributed by atoms with Crippen molar-refractivity contribution in [3.8, 4) is 11.3 Å². The lowest BCUT2D eigenvalue weighted by Crippen LogP contribution is -2.23. The largest absolute Gasteiger partial charge is 0.354 e. The first-order valence-electron chi connectivity index (χ1n) is 10.4. The van der Waals surface area contributed by atoms with Crippen molar-refractivity contribution in [3.05, 3.63) is 78.0 Å². The molecular formula is C24H21F2N5O. The van der Waals surface area contributed by atoms with E-state index >= 15 is 0 Å². The first-order chi connectivity index (χ1) is 15.5. The molecule has 1 aliphatic rings. The highest BCUT2D eigenvalue weighted by Gasteiger charge is 2.21. The van der Waals surface area contributed by atoms with Crippen LogP contribution in [0.4, 0.5) is 20.3 Å². The first kappa shape index (κ1) is 20.1. The van der Waals surface area contributed by atoms with Gasteiger partial charge in [-0.15, -0.1) is 5.10 Å². The molecule has 3 heterocycles. The number of aromatic nitrogens is 3. The van der Waals surface area contributed by atoms with Gasteiger partial charge < -0.3 is 9.80 Å². The summed E-state index contributed by atoms with van der Waals surface area (Å²) < 4.78 is 29.3. The highest BCUT2D eigenvalue weighted by atomic mass is 19.1. The van der Waals surface area contributed by atoms with E-state index < -0.39 is 11.6 Å². The zero-order chi connectivity index (χ0) is 22.2. The highest BCUT2D eigenvalue weighted by Crippen LogP contribution is 2.27. The molecule has 0 radical (unpaired) electrons. The first-order valence-corrected chi connectivity index (χ1v) is 10.4. The SMILES string of the molecule is CN(Cc1cc(F)ccc1F)c1ccc2ncc(-c3ccc(N4CCCC4=O)cc3)n2n1. The van der Waals surface area contributed by atoms with Gasteiger partial charge in [0.05, 0.1) is 11.9 Å². The molecule has 0 saturated carbocycles. The quantitative estimate of drug-likeness (QED) is 0.467. The van der Waals surface area contributed by atoms with Crippen molar-refractivity contribution in [1.82, 2.24) is 14.6 Å². The van der Waals surface area contributed by atoms with E-state index in [1.807, 2.05) is 30.3 Å². The Balaban J connectivity index is 1.43. The molecule has 6 nitrogen and oxygen atoms in total. The van der Waals surface area contributed by atoms with Gasteiger partial charge in [-0.25, -0.2) is 18.3 Å². The van der Waals surface area contributed by atoms with Crippen molar-refractivity contribution < 1.29 is 13.6 Å². The van der Waals surface area contributed by atoms with Gasteiger partial charge in [-0.1, -0.05) is 12.1 Å². The van der Waals surface area contributed by atoms with Crippen LogP contribution < -0.4 is 9.80 Å². The standard InChI is InChI=1S/C24H21F2N5O/c1-29(15-17-13-18(25)6-9-20(17)26)23-11-10-22-27-14-21(31(22)28-23)16-4-7-19(8-5-16)30-12-2-3-24(30)32/h4-11,13-14H,2-3,12,15H2,1H3. The third kappa shape index (κ3) is 3.68. The lowest BCUT2D eigenvalue weighted by molar-refractivity contribution is -0.117. The van der Waals surface area contributed by atoms with Gasteiger partial charge in [0.15, 0.2) is 5.65 Å². The number of amides is 1. The minimum absolute atomic E-state index is 0.150. The molecule has 1 amide bonds. The van der Waals surface area contributed by atoms with Crippen molar-refractivity contribution in [2.24, 2.45) is 0 Å². The Hall–Kier alpha value is -3.81. The monoisotopic (exact) mass is 433 g/mol. The Bertz CT molecular complexity index is 1300. The van der Waals surface area contributed by atoms with E-state index in [0.717, 1.165) is 42.0 Å². The maximum Gasteiger partial charge on any atom is 0.227 e. The smallest absolute Gasteiger partial charge is 0.227 e. The number of anilines is 2. The summed E-state index contributed by atoms with van der Waals surface area (Å²) in [6, 6.07) is 14.8. The molecule has 162 valence electrons. The Morgan fingerprint density at radius 2 is 1.88 bits per heavy atom. The van der Waals surface area contributed by atoms with Gasteiger partial charge in [0, 0.05) is 43.4 Å². The summed E-state index contributed by atoms with van der Waals surface area (Å²) in [6.45, 7) is 0.918. The van der Waals surface area contributed by atoms with E-state index in [1.54, 1.807) is 33.6 Å². The second-order valence-corrected chi connectivity index (χ2v) is 7.89. The van der Waals surface area contributed by atoms with Crippen molar-refractivity contribution in [2.75, 3.05) is 23.4 Å². The predicted octanol–water partition coefficient (Wildman–Crippen LogP) is 4.44. The minimum atomic E-state index is -0.478. The number of nitrogens with zero attached hydrogens (tertiary/aromatic N) is 5. The van der Waals surface area contributed by atoms with E-state index in [2.05, 4.69) is 10.1 Å². The fourth-order valence-corrected chi connectivity index (χ4v) is 4.00. The van der Waals surface area contributed by atoms with Crippen molar-refractivity contribution >= 4 is 23.1 Å². The normalized spacial score (nSPS) is 13.8. The number of carbonyl (C=O) groups excluding carboxylic acids is 1. The molecule has 2 aromatic heterocycles. The number of benzene rings is 2. The Morgan fingerprint density at radius 1 is 1.06 bits per heavy atom. The van der Waals surface area contributed by atoms with E-state index in [-0.39, 0.29) is 18.0 Å². The van der Waals surface area contributed by atoms with Crippen LogP contribution in [0.25, 0.3) is 16.9 Å². The molecule has 1 saturated heterocycles. The number of carbonyl (C=O) groups is 1. The molecule has 0 spiro atoms. The molecule has 5 rings (SSSR count). The van der Waals surface area contributed by atoms with Crippen LogP contribution in [0.5, 0.6) is 0 Å². The summed E-state index contributed by atoms with van der Waals surface area (Å²) in [5, 5.41) is 4.67. The number of fused-ring (bicyclic) bond motifs is 1. The summed E-state index contributed by atoms with van der Waals surface area (Å²) in [5.74, 6) is -0.190. The van der Waals surface area contributed by atoms with E-state index in [0.29, 0.717) is 17.9 Å². The fourth-order valence-electron chi connectivity index (χ4n) is 4.00. The van der Waals surface area contributed by atoms with Gasteiger partial charge in [-0.2, -0.15) is 0 Å². The number of imidazole rings is 1. The Kier molecular flexibility index (Phi) is 5.05. The summed E-state index contributed by atoms with van der Waals surface area (Å²) in [5.41, 5.74) is 3.53. The van der Waals surface area contributed by atoms with Crippen LogP contribution in [0.2, 0.25) is 0 Å². The lowest BCUT2D eigenvalue weighted by atomic mass is 10.1. The maximum atomic E-state index is 14.0. The molecule has 1 fully saturated rings. The molecule has 4 aromatic rings. The minimum Gasteiger partial charge on any atom is -0.354 e. The van der Waals surface area contributed by atoms with Crippen molar-refractivity contribution in [3.63, 3.8) is 0 Å². The van der Waals surface area contributed by atoms with Crippen LogP contribution in [0.15, 0.2) is 60.8 Å². The van der Waals surface area contributed by atoms with Crippen LogP contribution in [-0.2, 0) is 11.3 Å². The molecule has 8 heteroatoms. The molecular weight excluding hydrogens is 412 g/mol. The van der Waals surface area contributed by atoms with E-state index in [1.165, 1.54) is 6.07 Å². The maximum absolute atomic E-state index is 14.0. The number of rotatable bonds is 5. The van der Waals surface area contributed by atoms with Gasteiger partial charge in [-0.3, -0.25) is 4.79 Å².